The zero-order chi connectivity index (χ0) is 24.8. The molecule has 2 amide bonds. The molecule has 0 atom stereocenters. The van der Waals surface area contributed by atoms with E-state index in [9.17, 15) is 18.0 Å². The molecule has 13 heteroatoms. The van der Waals surface area contributed by atoms with Gasteiger partial charge in [-0.15, -0.1) is 10.2 Å². The molecule has 0 unspecified atom stereocenters. The van der Waals surface area contributed by atoms with Crippen molar-refractivity contribution in [2.24, 2.45) is 0 Å². The van der Waals surface area contributed by atoms with E-state index < -0.39 is 15.9 Å². The van der Waals surface area contributed by atoms with Gasteiger partial charge < -0.3 is 10.1 Å². The van der Waals surface area contributed by atoms with Crippen molar-refractivity contribution in [3.8, 4) is 5.75 Å². The maximum Gasteiger partial charge on any atom is 0.257 e. The fourth-order valence-electron chi connectivity index (χ4n) is 3.34. The Morgan fingerprint density at radius 3 is 2.37 bits per heavy atom. The molecule has 1 saturated heterocycles. The molecule has 0 spiro atoms. The Balaban J connectivity index is 1.28. The lowest BCUT2D eigenvalue weighted by atomic mass is 10.2. The van der Waals surface area contributed by atoms with Crippen LogP contribution in [0.2, 0.25) is 0 Å². The fourth-order valence-corrected chi connectivity index (χ4v) is 6.41. The molecule has 1 aromatic heterocycles. The molecule has 0 radical (unpaired) electrons. The van der Waals surface area contributed by atoms with Crippen LogP contribution in [0.5, 0.6) is 5.75 Å². The van der Waals surface area contributed by atoms with Crippen LogP contribution >= 0.6 is 23.1 Å². The van der Waals surface area contributed by atoms with Crippen LogP contribution in [-0.4, -0.2) is 60.7 Å². The number of amides is 2. The summed E-state index contributed by atoms with van der Waals surface area (Å²) in [6, 6.07) is 12.8. The van der Waals surface area contributed by atoms with Crippen molar-refractivity contribution in [1.29, 1.82) is 0 Å². The van der Waals surface area contributed by atoms with Crippen molar-refractivity contribution in [2.45, 2.75) is 22.1 Å². The van der Waals surface area contributed by atoms with Gasteiger partial charge in [0, 0.05) is 24.3 Å². The van der Waals surface area contributed by atoms with Crippen molar-refractivity contribution >= 4 is 55.8 Å². The predicted octanol–water partition coefficient (Wildman–Crippen LogP) is 3.31. The third kappa shape index (κ3) is 6.36. The molecule has 10 nitrogen and oxygen atoms in total. The Morgan fingerprint density at radius 1 is 1.03 bits per heavy atom. The fraction of sp³-hybridized carbons (Fsp3) is 0.273. The molecular weight excluding hydrogens is 510 g/mol. The van der Waals surface area contributed by atoms with Crippen LogP contribution in [0.15, 0.2) is 57.8 Å². The molecule has 0 aliphatic carbocycles. The highest BCUT2D eigenvalue weighted by Gasteiger charge is 2.27. The maximum absolute atomic E-state index is 12.6. The zero-order valence-electron chi connectivity index (χ0n) is 18.8. The number of benzene rings is 2. The number of carbonyl (C=O) groups excluding carboxylic acids is 2. The van der Waals surface area contributed by atoms with E-state index in [1.54, 1.807) is 31.4 Å². The number of aromatic nitrogens is 2. The van der Waals surface area contributed by atoms with Gasteiger partial charge in [0.15, 0.2) is 4.34 Å². The minimum atomic E-state index is -3.53. The van der Waals surface area contributed by atoms with E-state index in [0.717, 1.165) is 24.2 Å². The second-order valence-electron chi connectivity index (χ2n) is 7.53. The molecule has 3 aromatic rings. The summed E-state index contributed by atoms with van der Waals surface area (Å²) in [4.78, 5) is 24.9. The van der Waals surface area contributed by atoms with E-state index >= 15 is 0 Å². The van der Waals surface area contributed by atoms with Crippen molar-refractivity contribution in [3.63, 3.8) is 0 Å². The summed E-state index contributed by atoms with van der Waals surface area (Å²) in [6.07, 6.45) is 1.71. The molecule has 1 aliphatic rings. The van der Waals surface area contributed by atoms with E-state index in [0.29, 0.717) is 34.4 Å². The predicted molar refractivity (Wildman–Crippen MR) is 135 cm³/mol. The summed E-state index contributed by atoms with van der Waals surface area (Å²) in [6.45, 7) is 1.04. The highest BCUT2D eigenvalue weighted by molar-refractivity contribution is 8.01. The Hall–Kier alpha value is -3.00. The van der Waals surface area contributed by atoms with Crippen LogP contribution in [0, 0.1) is 0 Å². The lowest BCUT2D eigenvalue weighted by Crippen LogP contribution is -2.27. The number of carbonyl (C=O) groups is 2. The van der Waals surface area contributed by atoms with Gasteiger partial charge in [-0.25, -0.2) is 8.42 Å². The first-order valence-corrected chi connectivity index (χ1v) is 13.9. The molecule has 0 bridgehead atoms. The van der Waals surface area contributed by atoms with Gasteiger partial charge in [-0.05, 0) is 61.4 Å². The molecule has 184 valence electrons. The summed E-state index contributed by atoms with van der Waals surface area (Å²) in [5, 5.41) is 13.6. The van der Waals surface area contributed by atoms with E-state index in [1.807, 2.05) is 0 Å². The van der Waals surface area contributed by atoms with E-state index in [-0.39, 0.29) is 21.7 Å². The Labute approximate surface area is 211 Å². The summed E-state index contributed by atoms with van der Waals surface area (Å²) in [5.41, 5.74) is 0.953. The number of hydrogen-bond donors (Lipinski definition) is 2. The molecule has 2 heterocycles. The molecule has 4 rings (SSSR count). The van der Waals surface area contributed by atoms with Crippen molar-refractivity contribution < 1.29 is 22.7 Å². The summed E-state index contributed by atoms with van der Waals surface area (Å²) < 4.78 is 32.3. The summed E-state index contributed by atoms with van der Waals surface area (Å²) in [7, 11) is -1.96. The van der Waals surface area contributed by atoms with Gasteiger partial charge in [0.1, 0.15) is 5.75 Å². The number of methoxy groups -OCH3 is 1. The topological polar surface area (TPSA) is 131 Å². The van der Waals surface area contributed by atoms with Gasteiger partial charge in [-0.2, -0.15) is 4.31 Å². The average molecular weight is 534 g/mol. The van der Waals surface area contributed by atoms with Crippen molar-refractivity contribution in [1.82, 2.24) is 14.5 Å². The third-order valence-corrected chi connectivity index (χ3v) is 9.03. The van der Waals surface area contributed by atoms with E-state index in [2.05, 4.69) is 20.8 Å². The van der Waals surface area contributed by atoms with Crippen LogP contribution in [0.25, 0.3) is 0 Å². The van der Waals surface area contributed by atoms with Crippen LogP contribution in [0.3, 0.4) is 0 Å². The SMILES string of the molecule is COc1ccc(NC(=O)CSc2nnc(NC(=O)c3ccc(S(=O)(=O)N4CCCC4)cc3)s2)cc1. The second-order valence-corrected chi connectivity index (χ2v) is 11.7. The average Bonchev–Trinajstić information content (AvgIpc) is 3.56. The van der Waals surface area contributed by atoms with Crippen molar-refractivity contribution in [2.75, 3.05) is 36.6 Å². The first-order valence-electron chi connectivity index (χ1n) is 10.7. The minimum absolute atomic E-state index is 0.127. The first kappa shape index (κ1) is 25.1. The lowest BCUT2D eigenvalue weighted by molar-refractivity contribution is -0.113. The number of thioether (sulfide) groups is 1. The summed E-state index contributed by atoms with van der Waals surface area (Å²) >= 11 is 2.34. The number of hydrogen-bond acceptors (Lipinski definition) is 9. The van der Waals surface area contributed by atoms with E-state index in [4.69, 9.17) is 4.74 Å². The van der Waals surface area contributed by atoms with Crippen LogP contribution in [0.1, 0.15) is 23.2 Å². The Kier molecular flexibility index (Phi) is 8.00. The molecule has 35 heavy (non-hydrogen) atoms. The minimum Gasteiger partial charge on any atom is -0.497 e. The monoisotopic (exact) mass is 533 g/mol. The number of ether oxygens (including phenoxy) is 1. The van der Waals surface area contributed by atoms with Crippen molar-refractivity contribution in [3.05, 3.63) is 54.1 Å². The summed E-state index contributed by atoms with van der Waals surface area (Å²) in [5.74, 6) is 0.190. The highest BCUT2D eigenvalue weighted by Crippen LogP contribution is 2.26. The largest absolute Gasteiger partial charge is 0.497 e. The van der Waals surface area contributed by atoms with Crippen LogP contribution in [-0.2, 0) is 14.8 Å². The molecule has 1 fully saturated rings. The number of rotatable bonds is 9. The number of sulfonamides is 1. The van der Waals surface area contributed by atoms with Gasteiger partial charge in [-0.1, -0.05) is 23.1 Å². The standard InChI is InChI=1S/C22H23N5O5S3/c1-32-17-8-6-16(7-9-17)23-19(28)14-33-22-26-25-21(34-22)24-20(29)15-4-10-18(11-5-15)35(30,31)27-12-2-3-13-27/h4-11H,2-3,12-14H2,1H3,(H,23,28)(H,24,25,29). The zero-order valence-corrected chi connectivity index (χ0v) is 21.2. The van der Waals surface area contributed by atoms with Gasteiger partial charge in [0.05, 0.1) is 17.8 Å². The van der Waals surface area contributed by atoms with Gasteiger partial charge in [0.25, 0.3) is 5.91 Å². The molecule has 2 N–H and O–H groups in total. The number of anilines is 2. The normalized spacial score (nSPS) is 14.0. The van der Waals surface area contributed by atoms with Gasteiger partial charge in [-0.3, -0.25) is 14.9 Å². The van der Waals surface area contributed by atoms with Crippen LogP contribution in [0.4, 0.5) is 10.8 Å². The van der Waals surface area contributed by atoms with Crippen LogP contribution < -0.4 is 15.4 Å². The molecule has 0 saturated carbocycles. The number of nitrogens with one attached hydrogen (secondary N) is 2. The smallest absolute Gasteiger partial charge is 0.257 e. The molecular formula is C22H23N5O5S3. The third-order valence-electron chi connectivity index (χ3n) is 5.15. The lowest BCUT2D eigenvalue weighted by Gasteiger charge is -2.15. The maximum atomic E-state index is 12.6. The Morgan fingerprint density at radius 2 is 1.71 bits per heavy atom. The quantitative estimate of drug-likeness (QED) is 0.316. The molecule has 2 aromatic carbocycles. The highest BCUT2D eigenvalue weighted by atomic mass is 32.2. The molecule has 1 aliphatic heterocycles. The second kappa shape index (κ2) is 11.2. The van der Waals surface area contributed by atoms with Gasteiger partial charge >= 0.3 is 0 Å². The number of nitrogens with zero attached hydrogens (tertiary/aromatic N) is 3. The first-order chi connectivity index (χ1) is 16.8. The van der Waals surface area contributed by atoms with Gasteiger partial charge in [0.2, 0.25) is 21.1 Å². The van der Waals surface area contributed by atoms with E-state index in [1.165, 1.54) is 40.3 Å². The Bertz CT molecular complexity index is 1290.